The van der Waals surface area contributed by atoms with Crippen LogP contribution in [0.2, 0.25) is 0 Å². The minimum Gasteiger partial charge on any atom is -0.493 e. The molecule has 0 fully saturated rings. The smallest absolute Gasteiger partial charge is 0.228 e. The Kier molecular flexibility index (Phi) is 6.98. The molecule has 6 aromatic rings. The fourth-order valence-corrected chi connectivity index (χ4v) is 6.38. The van der Waals surface area contributed by atoms with Crippen LogP contribution in [0.3, 0.4) is 0 Å². The highest BCUT2D eigenvalue weighted by Gasteiger charge is 2.26. The Morgan fingerprint density at radius 2 is 1.20 bits per heavy atom. The van der Waals surface area contributed by atoms with Gasteiger partial charge in [0.1, 0.15) is 0 Å². The molecule has 0 atom stereocenters. The van der Waals surface area contributed by atoms with Crippen LogP contribution in [0.4, 0.5) is 11.4 Å². The number of nitrogens with zero attached hydrogens (tertiary/aromatic N) is 1. The number of amides is 2. The average molecular weight is 610 g/mol. The fraction of sp³-hybridized carbons (Fsp3) is 0.162. The molecular formula is C37H31N5O4. The van der Waals surface area contributed by atoms with E-state index < -0.39 is 0 Å². The molecule has 4 N–H and O–H groups in total. The molecule has 0 bridgehead atoms. The lowest BCUT2D eigenvalue weighted by molar-refractivity contribution is -0.116. The van der Waals surface area contributed by atoms with Crippen molar-refractivity contribution in [1.29, 1.82) is 5.26 Å². The van der Waals surface area contributed by atoms with Gasteiger partial charge in [0.05, 0.1) is 61.5 Å². The van der Waals surface area contributed by atoms with Gasteiger partial charge >= 0.3 is 0 Å². The topological polar surface area (TPSA) is 132 Å². The number of aromatic amines is 2. The van der Waals surface area contributed by atoms with Gasteiger partial charge in [-0.3, -0.25) is 9.59 Å². The average Bonchev–Trinajstić information content (AvgIpc) is 3.49. The van der Waals surface area contributed by atoms with Gasteiger partial charge < -0.3 is 30.1 Å². The predicted molar refractivity (Wildman–Crippen MR) is 179 cm³/mol. The molecule has 2 amide bonds. The maximum atomic E-state index is 12.4. The van der Waals surface area contributed by atoms with E-state index in [9.17, 15) is 9.59 Å². The molecule has 0 saturated carbocycles. The first kappa shape index (κ1) is 28.7. The maximum Gasteiger partial charge on any atom is 0.228 e. The Morgan fingerprint density at radius 1 is 0.652 bits per heavy atom. The number of aromatic nitrogens is 2. The number of ether oxygens (including phenoxy) is 2. The minimum absolute atomic E-state index is 0.0428. The maximum absolute atomic E-state index is 12.4. The Hall–Kier alpha value is -6.01. The van der Waals surface area contributed by atoms with E-state index in [4.69, 9.17) is 14.7 Å². The molecule has 0 radical (unpaired) electrons. The summed E-state index contributed by atoms with van der Waals surface area (Å²) >= 11 is 0. The zero-order valence-corrected chi connectivity index (χ0v) is 25.8. The number of anilines is 2. The van der Waals surface area contributed by atoms with Gasteiger partial charge in [-0.2, -0.15) is 5.26 Å². The number of H-pyrrole nitrogens is 2. The number of carbonyl (C=O) groups excluding carboxylic acids is 2. The molecule has 8 rings (SSSR count). The van der Waals surface area contributed by atoms with Crippen LogP contribution in [0.5, 0.6) is 11.5 Å². The van der Waals surface area contributed by atoms with E-state index in [1.165, 1.54) is 11.1 Å². The lowest BCUT2D eigenvalue weighted by Crippen LogP contribution is -2.12. The molecule has 46 heavy (non-hydrogen) atoms. The number of hydrogen-bond acceptors (Lipinski definition) is 5. The number of nitriles is 1. The Balaban J connectivity index is 0.000000149. The molecule has 9 heteroatoms. The largest absolute Gasteiger partial charge is 0.493 e. The van der Waals surface area contributed by atoms with E-state index in [-0.39, 0.29) is 18.2 Å². The van der Waals surface area contributed by atoms with Crippen LogP contribution in [0.15, 0.2) is 66.7 Å². The summed E-state index contributed by atoms with van der Waals surface area (Å²) in [4.78, 5) is 31.5. The first-order valence-corrected chi connectivity index (χ1v) is 14.9. The van der Waals surface area contributed by atoms with Gasteiger partial charge in [0, 0.05) is 39.0 Å². The Morgan fingerprint density at radius 3 is 1.85 bits per heavy atom. The van der Waals surface area contributed by atoms with E-state index in [1.807, 2.05) is 30.3 Å². The van der Waals surface area contributed by atoms with E-state index in [2.05, 4.69) is 64.8 Å². The fourth-order valence-electron chi connectivity index (χ4n) is 6.38. The highest BCUT2D eigenvalue weighted by Crippen LogP contribution is 2.43. The summed E-state index contributed by atoms with van der Waals surface area (Å²) in [7, 11) is 3.13. The third-order valence-electron chi connectivity index (χ3n) is 8.56. The van der Waals surface area contributed by atoms with Crippen LogP contribution in [0.1, 0.15) is 27.8 Å². The molecule has 2 aromatic heterocycles. The molecule has 2 aliphatic rings. The van der Waals surface area contributed by atoms with Crippen LogP contribution >= 0.6 is 0 Å². The number of methoxy groups -OCH3 is 2. The molecule has 0 spiro atoms. The quantitative estimate of drug-likeness (QED) is 0.165. The van der Waals surface area contributed by atoms with Crippen LogP contribution < -0.4 is 20.1 Å². The van der Waals surface area contributed by atoms with Gasteiger partial charge in [-0.1, -0.05) is 23.3 Å². The standard InChI is InChI=1S/C19H15N3O3.C18H16N2O/c1-24-16-6-13-15(8-17(16)25-2)21-18(23)7-12-11-5-10(9-20)3-4-14(11)22-19(12)13;1-10-3-5-15-12(7-10)13-9-17(21)19-16-6-4-11(2)8-14(16)18(13)20-15/h3-6,8,22H,7H2,1-2H3,(H,21,23);3-8,20H,9H2,1-2H3,(H,19,21). The minimum atomic E-state index is -0.115. The second kappa shape index (κ2) is 11.2. The SMILES string of the molecule is COc1cc2c(cc1OC)-c1[nH]c3ccc(C#N)cc3c1CC(=O)N2.Cc1ccc2c(c1)-c1[nH]c3ccc(C)cc3c1CC(=O)N2. The van der Waals surface area contributed by atoms with Gasteiger partial charge in [-0.15, -0.1) is 0 Å². The number of hydrogen-bond donors (Lipinski definition) is 4. The van der Waals surface area contributed by atoms with Crippen LogP contribution in [0, 0.1) is 25.2 Å². The van der Waals surface area contributed by atoms with Crippen molar-refractivity contribution in [3.8, 4) is 40.1 Å². The summed E-state index contributed by atoms with van der Waals surface area (Å²) in [5.74, 6) is 1.06. The van der Waals surface area contributed by atoms with Crippen molar-refractivity contribution >= 4 is 45.0 Å². The predicted octanol–water partition coefficient (Wildman–Crippen LogP) is 7.16. The van der Waals surface area contributed by atoms with Crippen molar-refractivity contribution in [2.45, 2.75) is 26.7 Å². The molecule has 228 valence electrons. The van der Waals surface area contributed by atoms with Gasteiger partial charge in [-0.05, 0) is 73.5 Å². The Labute approximate surface area is 265 Å². The highest BCUT2D eigenvalue weighted by atomic mass is 16.5. The van der Waals surface area contributed by atoms with Crippen molar-refractivity contribution in [3.05, 3.63) is 94.5 Å². The normalized spacial score (nSPS) is 13.0. The van der Waals surface area contributed by atoms with Crippen molar-refractivity contribution in [1.82, 2.24) is 9.97 Å². The van der Waals surface area contributed by atoms with E-state index in [0.29, 0.717) is 29.2 Å². The van der Waals surface area contributed by atoms with E-state index in [0.717, 1.165) is 61.1 Å². The number of fused-ring (bicyclic) bond motifs is 10. The van der Waals surface area contributed by atoms with Crippen LogP contribution in [0.25, 0.3) is 44.3 Å². The number of rotatable bonds is 2. The van der Waals surface area contributed by atoms with Gasteiger partial charge in [0.2, 0.25) is 11.8 Å². The van der Waals surface area contributed by atoms with E-state index in [1.54, 1.807) is 26.4 Å². The lowest BCUT2D eigenvalue weighted by Gasteiger charge is -2.13. The molecule has 0 unspecified atom stereocenters. The van der Waals surface area contributed by atoms with Gasteiger partial charge in [-0.25, -0.2) is 0 Å². The van der Waals surface area contributed by atoms with Crippen LogP contribution in [-0.4, -0.2) is 36.0 Å². The summed E-state index contributed by atoms with van der Waals surface area (Å²) in [6.45, 7) is 4.15. The summed E-state index contributed by atoms with van der Waals surface area (Å²) < 4.78 is 10.7. The number of nitrogens with one attached hydrogen (secondary N) is 4. The zero-order chi connectivity index (χ0) is 32.1. The second-order valence-electron chi connectivity index (χ2n) is 11.6. The molecule has 4 aromatic carbocycles. The molecular weight excluding hydrogens is 578 g/mol. The summed E-state index contributed by atoms with van der Waals surface area (Å²) in [5, 5.41) is 17.1. The molecule has 2 aliphatic heterocycles. The number of benzene rings is 4. The van der Waals surface area contributed by atoms with Gasteiger partial charge in [0.15, 0.2) is 11.5 Å². The molecule has 0 aliphatic carbocycles. The number of aryl methyl sites for hydroxylation is 2. The van der Waals surface area contributed by atoms with Crippen molar-refractivity contribution in [2.24, 2.45) is 0 Å². The van der Waals surface area contributed by atoms with Crippen molar-refractivity contribution < 1.29 is 19.1 Å². The van der Waals surface area contributed by atoms with Crippen molar-refractivity contribution in [3.63, 3.8) is 0 Å². The third kappa shape index (κ3) is 4.90. The van der Waals surface area contributed by atoms with Crippen LogP contribution in [-0.2, 0) is 22.4 Å². The third-order valence-corrected chi connectivity index (χ3v) is 8.56. The number of carbonyl (C=O) groups is 2. The first-order valence-electron chi connectivity index (χ1n) is 14.9. The summed E-state index contributed by atoms with van der Waals surface area (Å²) in [5.41, 5.74) is 12.2. The van der Waals surface area contributed by atoms with Crippen molar-refractivity contribution in [2.75, 3.05) is 24.9 Å². The van der Waals surface area contributed by atoms with E-state index >= 15 is 0 Å². The lowest BCUT2D eigenvalue weighted by atomic mass is 10.0. The van der Waals surface area contributed by atoms with Gasteiger partial charge in [0.25, 0.3) is 0 Å². The molecule has 9 nitrogen and oxygen atoms in total. The zero-order valence-electron chi connectivity index (χ0n) is 25.8. The summed E-state index contributed by atoms with van der Waals surface area (Å²) in [6, 6.07) is 23.6. The highest BCUT2D eigenvalue weighted by molar-refractivity contribution is 6.07. The summed E-state index contributed by atoms with van der Waals surface area (Å²) in [6.07, 6.45) is 0.635. The monoisotopic (exact) mass is 609 g/mol. The first-order chi connectivity index (χ1) is 22.3. The Bertz CT molecular complexity index is 2270. The molecule has 4 heterocycles. The second-order valence-corrected chi connectivity index (χ2v) is 11.6. The molecule has 0 saturated heterocycles.